The van der Waals surface area contributed by atoms with Crippen LogP contribution in [-0.4, -0.2) is 13.2 Å². The lowest BCUT2D eigenvalue weighted by molar-refractivity contribution is 0.187. The molecule has 0 aliphatic carbocycles. The molecule has 0 saturated carbocycles. The zero-order valence-electron chi connectivity index (χ0n) is 11.7. The molecule has 2 aromatic rings. The second-order valence-electron chi connectivity index (χ2n) is 4.37. The van der Waals surface area contributed by atoms with E-state index in [1.165, 1.54) is 12.0 Å². The molecule has 1 aromatic carbocycles. The molecule has 1 aromatic heterocycles. The van der Waals surface area contributed by atoms with E-state index in [1.807, 2.05) is 43.5 Å². The number of amides is 1. The smallest absolute Gasteiger partial charge is 0.411 e. The molecule has 0 radical (unpaired) electrons. The fourth-order valence-electron chi connectivity index (χ4n) is 1.80. The molecule has 1 heterocycles. The highest BCUT2D eigenvalue weighted by atomic mass is 32.1. The second kappa shape index (κ2) is 6.43. The van der Waals surface area contributed by atoms with Crippen LogP contribution in [0.1, 0.15) is 23.5 Å². The molecular weight excluding hydrogens is 274 g/mol. The van der Waals surface area contributed by atoms with E-state index in [0.29, 0.717) is 5.69 Å². The highest BCUT2D eigenvalue weighted by molar-refractivity contribution is 7.10. The van der Waals surface area contributed by atoms with Crippen LogP contribution in [-0.2, 0) is 4.74 Å². The Morgan fingerprint density at radius 1 is 1.35 bits per heavy atom. The molecule has 2 rings (SSSR count). The van der Waals surface area contributed by atoms with Crippen molar-refractivity contribution in [3.05, 3.63) is 46.2 Å². The van der Waals surface area contributed by atoms with Gasteiger partial charge in [0, 0.05) is 10.6 Å². The summed E-state index contributed by atoms with van der Waals surface area (Å²) >= 11 is 1.67. The molecular formula is C15H17NO3S. The van der Waals surface area contributed by atoms with Gasteiger partial charge in [0.1, 0.15) is 11.9 Å². The van der Waals surface area contributed by atoms with Crippen molar-refractivity contribution in [1.82, 2.24) is 0 Å². The van der Waals surface area contributed by atoms with Crippen molar-refractivity contribution in [3.63, 3.8) is 0 Å². The van der Waals surface area contributed by atoms with Gasteiger partial charge in [-0.05, 0) is 49.1 Å². The molecule has 106 valence electrons. The van der Waals surface area contributed by atoms with Gasteiger partial charge in [-0.1, -0.05) is 6.07 Å². The van der Waals surface area contributed by atoms with Gasteiger partial charge in [-0.25, -0.2) is 4.79 Å². The van der Waals surface area contributed by atoms with Gasteiger partial charge in [-0.3, -0.25) is 5.32 Å². The van der Waals surface area contributed by atoms with Gasteiger partial charge >= 0.3 is 6.09 Å². The maximum atomic E-state index is 11.2. The first-order valence-corrected chi connectivity index (χ1v) is 7.14. The average molecular weight is 291 g/mol. The Morgan fingerprint density at radius 3 is 2.75 bits per heavy atom. The Balaban J connectivity index is 2.07. The van der Waals surface area contributed by atoms with Crippen LogP contribution < -0.4 is 10.1 Å². The number of carbonyl (C=O) groups excluding carboxylic acids is 1. The first kappa shape index (κ1) is 14.4. The summed E-state index contributed by atoms with van der Waals surface area (Å²) < 4.78 is 10.5. The fraction of sp³-hybridized carbons (Fsp3) is 0.267. The van der Waals surface area contributed by atoms with Gasteiger partial charge in [0.2, 0.25) is 0 Å². The summed E-state index contributed by atoms with van der Waals surface area (Å²) in [5.41, 5.74) is 1.64. The summed E-state index contributed by atoms with van der Waals surface area (Å²) in [6, 6.07) is 9.60. The number of hydrogen-bond acceptors (Lipinski definition) is 4. The topological polar surface area (TPSA) is 47.6 Å². The fourth-order valence-corrected chi connectivity index (χ4v) is 2.51. The van der Waals surface area contributed by atoms with Crippen molar-refractivity contribution in [1.29, 1.82) is 0 Å². The summed E-state index contributed by atoms with van der Waals surface area (Å²) in [4.78, 5) is 12.4. The zero-order valence-corrected chi connectivity index (χ0v) is 12.5. The number of nitrogens with one attached hydrogen (secondary N) is 1. The predicted octanol–water partition coefficient (Wildman–Crippen LogP) is 4.37. The molecule has 1 atom stereocenters. The van der Waals surface area contributed by atoms with Crippen LogP contribution >= 0.6 is 11.3 Å². The third kappa shape index (κ3) is 3.51. The number of carbonyl (C=O) groups is 1. The Morgan fingerprint density at radius 2 is 2.15 bits per heavy atom. The van der Waals surface area contributed by atoms with E-state index >= 15 is 0 Å². The number of thiophene rings is 1. The molecule has 0 aliphatic heterocycles. The summed E-state index contributed by atoms with van der Waals surface area (Å²) in [5, 5.41) is 4.68. The molecule has 20 heavy (non-hydrogen) atoms. The molecule has 1 amide bonds. The second-order valence-corrected chi connectivity index (χ2v) is 5.35. The molecule has 0 spiro atoms. The van der Waals surface area contributed by atoms with Crippen molar-refractivity contribution in [3.8, 4) is 5.75 Å². The zero-order chi connectivity index (χ0) is 14.5. The van der Waals surface area contributed by atoms with E-state index in [2.05, 4.69) is 16.1 Å². The quantitative estimate of drug-likeness (QED) is 0.909. The van der Waals surface area contributed by atoms with Gasteiger partial charge in [0.05, 0.1) is 7.11 Å². The van der Waals surface area contributed by atoms with Crippen molar-refractivity contribution < 1.29 is 14.3 Å². The summed E-state index contributed by atoms with van der Waals surface area (Å²) in [6.45, 7) is 3.93. The van der Waals surface area contributed by atoms with Crippen molar-refractivity contribution in [2.75, 3.05) is 12.4 Å². The molecule has 4 nitrogen and oxygen atoms in total. The van der Waals surface area contributed by atoms with Crippen molar-refractivity contribution in [2.24, 2.45) is 0 Å². The van der Waals surface area contributed by atoms with E-state index < -0.39 is 6.09 Å². The molecule has 5 heteroatoms. The normalized spacial score (nSPS) is 11.8. The lowest BCUT2D eigenvalue weighted by Gasteiger charge is -2.15. The minimum atomic E-state index is -0.478. The number of hydrogen-bond donors (Lipinski definition) is 1. The minimum absolute atomic E-state index is 0.00816. The molecule has 0 saturated heterocycles. The summed E-state index contributed by atoms with van der Waals surface area (Å²) in [7, 11) is 1.34. The molecule has 0 bridgehead atoms. The summed E-state index contributed by atoms with van der Waals surface area (Å²) in [6.07, 6.45) is -0.470. The lowest BCUT2D eigenvalue weighted by atomic mass is 10.2. The SMILES string of the molecule is COC(=O)Nc1ccc(OC(C)c2cccs2)cc1C. The minimum Gasteiger partial charge on any atom is -0.485 e. The molecule has 0 aliphatic rings. The highest BCUT2D eigenvalue weighted by Crippen LogP contribution is 2.27. The maximum absolute atomic E-state index is 11.2. The van der Waals surface area contributed by atoms with Crippen LogP contribution in [0.4, 0.5) is 10.5 Å². The highest BCUT2D eigenvalue weighted by Gasteiger charge is 2.10. The number of rotatable bonds is 4. The van der Waals surface area contributed by atoms with Gasteiger partial charge in [-0.2, -0.15) is 0 Å². The van der Waals surface area contributed by atoms with Crippen LogP contribution in [0.3, 0.4) is 0 Å². The Bertz CT molecular complexity index is 581. The van der Waals surface area contributed by atoms with E-state index in [-0.39, 0.29) is 6.10 Å². The predicted molar refractivity (Wildman–Crippen MR) is 80.6 cm³/mol. The Hall–Kier alpha value is -2.01. The van der Waals surface area contributed by atoms with Gasteiger partial charge < -0.3 is 9.47 Å². The first-order chi connectivity index (χ1) is 9.60. The Kier molecular flexibility index (Phi) is 4.63. The van der Waals surface area contributed by atoms with Crippen molar-refractivity contribution >= 4 is 23.1 Å². The number of aryl methyl sites for hydroxylation is 1. The van der Waals surface area contributed by atoms with E-state index in [4.69, 9.17) is 4.74 Å². The molecule has 1 N–H and O–H groups in total. The third-order valence-electron chi connectivity index (χ3n) is 2.88. The van der Waals surface area contributed by atoms with Gasteiger partial charge in [0.15, 0.2) is 0 Å². The first-order valence-electron chi connectivity index (χ1n) is 6.26. The van der Waals surface area contributed by atoms with Crippen molar-refractivity contribution in [2.45, 2.75) is 20.0 Å². The van der Waals surface area contributed by atoms with Crippen LogP contribution in [0.5, 0.6) is 5.75 Å². The molecule has 1 unspecified atom stereocenters. The number of methoxy groups -OCH3 is 1. The van der Waals surface area contributed by atoms with E-state index in [1.54, 1.807) is 11.3 Å². The van der Waals surface area contributed by atoms with Crippen LogP contribution in [0, 0.1) is 6.92 Å². The number of benzene rings is 1. The number of anilines is 1. The van der Waals surface area contributed by atoms with Crippen LogP contribution in [0.25, 0.3) is 0 Å². The van der Waals surface area contributed by atoms with Crippen LogP contribution in [0.2, 0.25) is 0 Å². The van der Waals surface area contributed by atoms with E-state index in [9.17, 15) is 4.79 Å². The van der Waals surface area contributed by atoms with Crippen LogP contribution in [0.15, 0.2) is 35.7 Å². The van der Waals surface area contributed by atoms with E-state index in [0.717, 1.165) is 11.3 Å². The molecule has 0 fully saturated rings. The standard InChI is InChI=1S/C15H17NO3S/c1-10-9-12(6-7-13(10)16-15(17)18-3)19-11(2)14-5-4-8-20-14/h4-9,11H,1-3H3,(H,16,17). The lowest BCUT2D eigenvalue weighted by Crippen LogP contribution is -2.12. The van der Waals surface area contributed by atoms with Gasteiger partial charge in [0.25, 0.3) is 0 Å². The van der Waals surface area contributed by atoms with Gasteiger partial charge in [-0.15, -0.1) is 11.3 Å². The largest absolute Gasteiger partial charge is 0.485 e. The Labute approximate surface area is 122 Å². The monoisotopic (exact) mass is 291 g/mol. The number of ether oxygens (including phenoxy) is 2. The average Bonchev–Trinajstić information content (AvgIpc) is 2.95. The third-order valence-corrected chi connectivity index (χ3v) is 3.91. The maximum Gasteiger partial charge on any atom is 0.411 e. The summed E-state index contributed by atoms with van der Waals surface area (Å²) in [5.74, 6) is 0.777.